The first-order valence-corrected chi connectivity index (χ1v) is 5.01. The van der Waals surface area contributed by atoms with Crippen molar-refractivity contribution in [2.45, 2.75) is 6.61 Å². The fourth-order valence-corrected chi connectivity index (χ4v) is 1.19. The predicted molar refractivity (Wildman–Crippen MR) is 58.4 cm³/mol. The molecule has 0 aliphatic carbocycles. The standard InChI is InChI=1S/C12H10N2O3/c15-14-9-12(17-13-14)10-16-8-4-7-11-5-2-1-3-6-11/h1-3,5-6,9H,8,10H2. The van der Waals surface area contributed by atoms with E-state index in [-0.39, 0.29) is 13.2 Å². The zero-order valence-corrected chi connectivity index (χ0v) is 9.00. The van der Waals surface area contributed by atoms with Gasteiger partial charge in [0.25, 0.3) is 6.20 Å². The molecule has 2 rings (SSSR count). The lowest BCUT2D eigenvalue weighted by molar-refractivity contribution is -0.679. The summed E-state index contributed by atoms with van der Waals surface area (Å²) in [6, 6.07) is 9.62. The SMILES string of the molecule is [O-][n+]1cc(COCC#Cc2ccccc2)on1. The monoisotopic (exact) mass is 230 g/mol. The first-order valence-electron chi connectivity index (χ1n) is 5.01. The minimum Gasteiger partial charge on any atom is -0.592 e. The van der Waals surface area contributed by atoms with Crippen LogP contribution in [0.2, 0.25) is 0 Å². The van der Waals surface area contributed by atoms with Gasteiger partial charge < -0.3 is 14.5 Å². The average molecular weight is 230 g/mol. The summed E-state index contributed by atoms with van der Waals surface area (Å²) in [6.45, 7) is 0.458. The van der Waals surface area contributed by atoms with Gasteiger partial charge in [0.15, 0.2) is 0 Å². The fourth-order valence-electron chi connectivity index (χ4n) is 1.19. The molecule has 0 unspecified atom stereocenters. The molecule has 86 valence electrons. The molecule has 0 radical (unpaired) electrons. The molecule has 1 heterocycles. The Morgan fingerprint density at radius 3 is 2.88 bits per heavy atom. The van der Waals surface area contributed by atoms with Crippen molar-refractivity contribution in [3.05, 3.63) is 53.1 Å². The van der Waals surface area contributed by atoms with Crippen molar-refractivity contribution in [3.8, 4) is 11.8 Å². The molecule has 0 saturated carbocycles. The van der Waals surface area contributed by atoms with Crippen molar-refractivity contribution in [1.29, 1.82) is 0 Å². The molecule has 0 spiro atoms. The van der Waals surface area contributed by atoms with E-state index in [2.05, 4.69) is 21.6 Å². The Bertz CT molecular complexity index is 525. The summed E-state index contributed by atoms with van der Waals surface area (Å²) in [5, 5.41) is 13.7. The summed E-state index contributed by atoms with van der Waals surface area (Å²) < 4.78 is 9.85. The molecule has 0 atom stereocenters. The number of hydrogen-bond acceptors (Lipinski definition) is 4. The third kappa shape index (κ3) is 3.63. The van der Waals surface area contributed by atoms with Crippen molar-refractivity contribution in [2.24, 2.45) is 0 Å². The van der Waals surface area contributed by atoms with Crippen LogP contribution in [0.15, 0.2) is 41.1 Å². The van der Waals surface area contributed by atoms with Gasteiger partial charge in [0.1, 0.15) is 13.2 Å². The molecular weight excluding hydrogens is 220 g/mol. The maximum atomic E-state index is 10.6. The van der Waals surface area contributed by atoms with E-state index in [9.17, 15) is 5.21 Å². The topological polar surface area (TPSA) is 62.2 Å². The maximum absolute atomic E-state index is 10.6. The Balaban J connectivity index is 1.75. The maximum Gasteiger partial charge on any atom is 0.256 e. The van der Waals surface area contributed by atoms with E-state index < -0.39 is 0 Å². The second-order valence-electron chi connectivity index (χ2n) is 3.23. The molecule has 1 aromatic carbocycles. The quantitative estimate of drug-likeness (QED) is 0.340. The molecule has 0 fully saturated rings. The van der Waals surface area contributed by atoms with Gasteiger partial charge in [-0.15, -0.1) is 0 Å². The number of ether oxygens (including phenoxy) is 1. The highest BCUT2D eigenvalue weighted by molar-refractivity contribution is 5.33. The van der Waals surface area contributed by atoms with Crippen molar-refractivity contribution < 1.29 is 14.1 Å². The normalized spacial score (nSPS) is 9.65. The highest BCUT2D eigenvalue weighted by Gasteiger charge is 2.04. The zero-order chi connectivity index (χ0) is 11.9. The summed E-state index contributed by atoms with van der Waals surface area (Å²) >= 11 is 0. The first-order chi connectivity index (χ1) is 8.34. The van der Waals surface area contributed by atoms with Crippen LogP contribution in [0.4, 0.5) is 0 Å². The molecule has 0 saturated heterocycles. The van der Waals surface area contributed by atoms with Crippen LogP contribution >= 0.6 is 0 Å². The molecule has 0 aliphatic rings. The van der Waals surface area contributed by atoms with Gasteiger partial charge in [0.2, 0.25) is 11.0 Å². The van der Waals surface area contributed by atoms with Gasteiger partial charge in [-0.1, -0.05) is 30.0 Å². The van der Waals surface area contributed by atoms with Crippen molar-refractivity contribution in [3.63, 3.8) is 0 Å². The van der Waals surface area contributed by atoms with E-state index in [0.29, 0.717) is 10.6 Å². The predicted octanol–water partition coefficient (Wildman–Crippen LogP) is 0.876. The van der Waals surface area contributed by atoms with Crippen LogP contribution < -0.4 is 4.85 Å². The molecule has 2 aromatic rings. The zero-order valence-electron chi connectivity index (χ0n) is 9.00. The van der Waals surface area contributed by atoms with Gasteiger partial charge in [-0.2, -0.15) is 0 Å². The highest BCUT2D eigenvalue weighted by atomic mass is 16.6. The Morgan fingerprint density at radius 2 is 2.18 bits per heavy atom. The molecule has 0 aliphatic heterocycles. The molecule has 0 amide bonds. The summed E-state index contributed by atoms with van der Waals surface area (Å²) in [5.74, 6) is 6.18. The molecule has 5 nitrogen and oxygen atoms in total. The highest BCUT2D eigenvalue weighted by Crippen LogP contribution is 1.96. The molecule has 1 aromatic heterocycles. The number of hydrogen-bond donors (Lipinski definition) is 0. The average Bonchev–Trinajstić information content (AvgIpc) is 2.76. The summed E-state index contributed by atoms with van der Waals surface area (Å²) in [5.41, 5.74) is 0.938. The second-order valence-corrected chi connectivity index (χ2v) is 3.23. The lowest BCUT2D eigenvalue weighted by Crippen LogP contribution is -2.25. The molecule has 17 heavy (non-hydrogen) atoms. The second kappa shape index (κ2) is 5.68. The molecule has 0 bridgehead atoms. The van der Waals surface area contributed by atoms with Crippen LogP contribution in [0.1, 0.15) is 11.3 Å². The first kappa shape index (κ1) is 11.2. The summed E-state index contributed by atoms with van der Waals surface area (Å²) in [7, 11) is 0. The van der Waals surface area contributed by atoms with Crippen LogP contribution in [-0.4, -0.2) is 11.9 Å². The van der Waals surface area contributed by atoms with E-state index in [0.717, 1.165) is 5.56 Å². The van der Waals surface area contributed by atoms with Crippen LogP contribution in [0.3, 0.4) is 0 Å². The fraction of sp³-hybridized carbons (Fsp3) is 0.167. The van der Waals surface area contributed by atoms with E-state index in [1.165, 1.54) is 6.20 Å². The van der Waals surface area contributed by atoms with Crippen LogP contribution in [0.25, 0.3) is 0 Å². The molecular formula is C12H10N2O3. The van der Waals surface area contributed by atoms with Crippen LogP contribution in [-0.2, 0) is 11.3 Å². The lowest BCUT2D eigenvalue weighted by atomic mass is 10.2. The van der Waals surface area contributed by atoms with Crippen LogP contribution in [0, 0.1) is 17.0 Å². The van der Waals surface area contributed by atoms with Gasteiger partial charge in [-0.05, 0) is 17.0 Å². The number of benzene rings is 1. The largest absolute Gasteiger partial charge is 0.592 e. The van der Waals surface area contributed by atoms with Gasteiger partial charge in [0.05, 0.1) is 0 Å². The van der Waals surface area contributed by atoms with Gasteiger partial charge in [0, 0.05) is 5.56 Å². The van der Waals surface area contributed by atoms with Crippen molar-refractivity contribution >= 4 is 0 Å². The number of nitrogens with zero attached hydrogens (tertiary/aromatic N) is 2. The minimum absolute atomic E-state index is 0.186. The Labute approximate surface area is 98.2 Å². The Hall–Kier alpha value is -2.32. The van der Waals surface area contributed by atoms with Crippen LogP contribution in [0.5, 0.6) is 0 Å². The lowest BCUT2D eigenvalue weighted by Gasteiger charge is -1.92. The van der Waals surface area contributed by atoms with Gasteiger partial charge in [-0.25, -0.2) is 0 Å². The Morgan fingerprint density at radius 1 is 1.35 bits per heavy atom. The number of aromatic nitrogens is 2. The van der Waals surface area contributed by atoms with E-state index >= 15 is 0 Å². The number of rotatable bonds is 3. The minimum atomic E-state index is 0.186. The van der Waals surface area contributed by atoms with Crippen molar-refractivity contribution in [2.75, 3.05) is 6.61 Å². The summed E-state index contributed by atoms with van der Waals surface area (Å²) in [4.78, 5) is 0.342. The molecule has 5 heteroatoms. The Kier molecular flexibility index (Phi) is 3.73. The summed E-state index contributed by atoms with van der Waals surface area (Å²) in [6.07, 6.45) is 1.21. The van der Waals surface area contributed by atoms with Gasteiger partial charge >= 0.3 is 0 Å². The van der Waals surface area contributed by atoms with E-state index in [1.54, 1.807) is 0 Å². The van der Waals surface area contributed by atoms with Crippen molar-refractivity contribution in [1.82, 2.24) is 5.27 Å². The smallest absolute Gasteiger partial charge is 0.256 e. The molecule has 0 N–H and O–H groups in total. The van der Waals surface area contributed by atoms with Gasteiger partial charge in [-0.3, -0.25) is 0 Å². The van der Waals surface area contributed by atoms with E-state index in [1.807, 2.05) is 30.3 Å². The van der Waals surface area contributed by atoms with E-state index in [4.69, 9.17) is 4.74 Å². The third-order valence-corrected chi connectivity index (χ3v) is 1.92. The third-order valence-electron chi connectivity index (χ3n) is 1.92.